The standard InChI is InChI=1S/C26H29N5O5/c1-34-21-14-19(15-22(35-2)24(21)36-3)29-26-28-16-18-8-10-31(25(18)30-26)20-7-4-6-17(12-20)13-23(33)27-9-5-11-32/h4,6-8,10,12,14-16,32H,5,9,11,13H2,1-3H3,(H,27,33)(H,28,29,30). The number of aromatic nitrogens is 3. The molecule has 0 bridgehead atoms. The highest BCUT2D eigenvalue weighted by atomic mass is 16.5. The van der Waals surface area contributed by atoms with Crippen LogP contribution in [0.2, 0.25) is 0 Å². The molecule has 0 aliphatic heterocycles. The van der Waals surface area contributed by atoms with E-state index in [2.05, 4.69) is 15.6 Å². The van der Waals surface area contributed by atoms with E-state index in [1.54, 1.807) is 39.7 Å². The van der Waals surface area contributed by atoms with Crippen LogP contribution in [0.25, 0.3) is 16.7 Å². The second-order valence-electron chi connectivity index (χ2n) is 7.97. The number of methoxy groups -OCH3 is 3. The van der Waals surface area contributed by atoms with Crippen LogP contribution < -0.4 is 24.8 Å². The van der Waals surface area contributed by atoms with Crippen molar-refractivity contribution in [3.63, 3.8) is 0 Å². The molecule has 2 aromatic carbocycles. The second kappa shape index (κ2) is 11.4. The summed E-state index contributed by atoms with van der Waals surface area (Å²) < 4.78 is 18.2. The second-order valence-corrected chi connectivity index (χ2v) is 7.97. The number of benzene rings is 2. The molecule has 0 radical (unpaired) electrons. The van der Waals surface area contributed by atoms with Gasteiger partial charge in [0.25, 0.3) is 0 Å². The van der Waals surface area contributed by atoms with Gasteiger partial charge in [-0.05, 0) is 30.2 Å². The zero-order chi connectivity index (χ0) is 25.5. The van der Waals surface area contributed by atoms with E-state index in [1.807, 2.05) is 41.1 Å². The summed E-state index contributed by atoms with van der Waals surface area (Å²) in [7, 11) is 4.67. The zero-order valence-electron chi connectivity index (χ0n) is 20.4. The van der Waals surface area contributed by atoms with Crippen molar-refractivity contribution < 1.29 is 24.1 Å². The van der Waals surface area contributed by atoms with Gasteiger partial charge in [0.05, 0.1) is 27.8 Å². The Morgan fingerprint density at radius 1 is 1.06 bits per heavy atom. The van der Waals surface area contributed by atoms with Crippen LogP contribution in [0.4, 0.5) is 11.6 Å². The maximum Gasteiger partial charge on any atom is 0.229 e. The highest BCUT2D eigenvalue weighted by Gasteiger charge is 2.15. The summed E-state index contributed by atoms with van der Waals surface area (Å²) in [6, 6.07) is 13.2. The number of aliphatic hydroxyl groups is 1. The first-order valence-corrected chi connectivity index (χ1v) is 11.4. The molecule has 0 atom stereocenters. The summed E-state index contributed by atoms with van der Waals surface area (Å²) in [5.74, 6) is 1.84. The van der Waals surface area contributed by atoms with Gasteiger partial charge >= 0.3 is 0 Å². The van der Waals surface area contributed by atoms with E-state index in [0.717, 1.165) is 16.6 Å². The minimum atomic E-state index is -0.0860. The topological polar surface area (TPSA) is 120 Å². The van der Waals surface area contributed by atoms with Gasteiger partial charge in [0, 0.05) is 54.4 Å². The molecule has 4 rings (SSSR count). The Morgan fingerprint density at radius 2 is 1.83 bits per heavy atom. The third-order valence-corrected chi connectivity index (χ3v) is 5.56. The Labute approximate surface area is 208 Å². The molecular weight excluding hydrogens is 462 g/mol. The molecular formula is C26H29N5O5. The summed E-state index contributed by atoms with van der Waals surface area (Å²) in [6.07, 6.45) is 4.45. The molecule has 0 aliphatic rings. The van der Waals surface area contributed by atoms with Crippen molar-refractivity contribution in [1.29, 1.82) is 0 Å². The number of hydrogen-bond donors (Lipinski definition) is 3. The van der Waals surface area contributed by atoms with Gasteiger partial charge in [-0.25, -0.2) is 4.98 Å². The van der Waals surface area contributed by atoms with Crippen LogP contribution in [-0.2, 0) is 11.2 Å². The van der Waals surface area contributed by atoms with Gasteiger partial charge in [0.1, 0.15) is 5.65 Å². The number of anilines is 2. The van der Waals surface area contributed by atoms with Crippen molar-refractivity contribution >= 4 is 28.6 Å². The lowest BCUT2D eigenvalue weighted by molar-refractivity contribution is -0.120. The minimum absolute atomic E-state index is 0.0503. The molecule has 10 nitrogen and oxygen atoms in total. The smallest absolute Gasteiger partial charge is 0.229 e. The van der Waals surface area contributed by atoms with Crippen LogP contribution >= 0.6 is 0 Å². The molecule has 0 saturated carbocycles. The molecule has 10 heteroatoms. The quantitative estimate of drug-likeness (QED) is 0.274. The lowest BCUT2D eigenvalue weighted by Crippen LogP contribution is -2.26. The van der Waals surface area contributed by atoms with Crippen LogP contribution in [0.5, 0.6) is 17.2 Å². The number of aliphatic hydroxyl groups excluding tert-OH is 1. The number of amides is 1. The van der Waals surface area contributed by atoms with Crippen LogP contribution in [0, 0.1) is 0 Å². The molecule has 1 amide bonds. The first-order valence-electron chi connectivity index (χ1n) is 11.4. The van der Waals surface area contributed by atoms with Crippen molar-refractivity contribution in [2.24, 2.45) is 0 Å². The molecule has 3 N–H and O–H groups in total. The number of ether oxygens (including phenoxy) is 3. The SMILES string of the molecule is COc1cc(Nc2ncc3ccn(-c4cccc(CC(=O)NCCCO)c4)c3n2)cc(OC)c1OC. The van der Waals surface area contributed by atoms with E-state index < -0.39 is 0 Å². The van der Waals surface area contributed by atoms with Crippen molar-refractivity contribution in [3.8, 4) is 22.9 Å². The van der Waals surface area contributed by atoms with Crippen molar-refractivity contribution in [1.82, 2.24) is 19.9 Å². The number of carbonyl (C=O) groups excluding carboxylic acids is 1. The number of nitrogens with one attached hydrogen (secondary N) is 2. The molecule has 0 unspecified atom stereocenters. The fourth-order valence-electron chi connectivity index (χ4n) is 3.84. The third-order valence-electron chi connectivity index (χ3n) is 5.56. The van der Waals surface area contributed by atoms with Crippen molar-refractivity contribution in [2.45, 2.75) is 12.8 Å². The highest BCUT2D eigenvalue weighted by Crippen LogP contribution is 2.40. The third kappa shape index (κ3) is 5.49. The summed E-state index contributed by atoms with van der Waals surface area (Å²) in [4.78, 5) is 21.4. The number of nitrogens with zero attached hydrogens (tertiary/aromatic N) is 3. The number of fused-ring (bicyclic) bond motifs is 1. The maximum atomic E-state index is 12.2. The minimum Gasteiger partial charge on any atom is -0.493 e. The first kappa shape index (κ1) is 24.8. The maximum absolute atomic E-state index is 12.2. The van der Waals surface area contributed by atoms with Gasteiger partial charge in [-0.15, -0.1) is 0 Å². The van der Waals surface area contributed by atoms with Crippen molar-refractivity contribution in [3.05, 3.63) is 60.4 Å². The van der Waals surface area contributed by atoms with Crippen molar-refractivity contribution in [2.75, 3.05) is 39.8 Å². The average Bonchev–Trinajstić information content (AvgIpc) is 3.31. The Morgan fingerprint density at radius 3 is 2.53 bits per heavy atom. The summed E-state index contributed by atoms with van der Waals surface area (Å²) >= 11 is 0. The van der Waals surface area contributed by atoms with E-state index in [9.17, 15) is 4.79 Å². The molecule has 36 heavy (non-hydrogen) atoms. The fraction of sp³-hybridized carbons (Fsp3) is 0.269. The van der Waals surface area contributed by atoms with Gasteiger partial charge in [-0.3, -0.25) is 4.79 Å². The van der Waals surface area contributed by atoms with Gasteiger partial charge in [0.15, 0.2) is 11.5 Å². The van der Waals surface area contributed by atoms with Gasteiger partial charge < -0.3 is 34.5 Å². The Bertz CT molecular complexity index is 1330. The molecule has 0 fully saturated rings. The molecule has 188 valence electrons. The Balaban J connectivity index is 1.60. The van der Waals surface area contributed by atoms with Crippen LogP contribution in [0.3, 0.4) is 0 Å². The highest BCUT2D eigenvalue weighted by molar-refractivity contribution is 5.80. The largest absolute Gasteiger partial charge is 0.493 e. The van der Waals surface area contributed by atoms with E-state index in [-0.39, 0.29) is 18.9 Å². The normalized spacial score (nSPS) is 10.8. The summed E-state index contributed by atoms with van der Waals surface area (Å²) in [6.45, 7) is 0.505. The van der Waals surface area contributed by atoms with E-state index in [0.29, 0.717) is 47.5 Å². The molecule has 2 heterocycles. The number of carbonyl (C=O) groups is 1. The van der Waals surface area contributed by atoms with E-state index >= 15 is 0 Å². The first-order chi connectivity index (χ1) is 17.6. The lowest BCUT2D eigenvalue weighted by Gasteiger charge is -2.14. The summed E-state index contributed by atoms with van der Waals surface area (Å²) in [5.41, 5.74) is 3.14. The molecule has 4 aromatic rings. The summed E-state index contributed by atoms with van der Waals surface area (Å²) in [5, 5.41) is 15.8. The van der Waals surface area contributed by atoms with Crippen LogP contribution in [-0.4, -0.2) is 60.0 Å². The predicted octanol–water partition coefficient (Wildman–Crippen LogP) is 3.23. The van der Waals surface area contributed by atoms with E-state index in [1.165, 1.54) is 0 Å². The Hall–Kier alpha value is -4.31. The Kier molecular flexibility index (Phi) is 7.86. The fourth-order valence-corrected chi connectivity index (χ4v) is 3.84. The predicted molar refractivity (Wildman–Crippen MR) is 137 cm³/mol. The monoisotopic (exact) mass is 491 g/mol. The van der Waals surface area contributed by atoms with Crippen LogP contribution in [0.1, 0.15) is 12.0 Å². The average molecular weight is 492 g/mol. The molecule has 0 saturated heterocycles. The molecule has 0 spiro atoms. The molecule has 2 aromatic heterocycles. The lowest BCUT2D eigenvalue weighted by atomic mass is 10.1. The van der Waals surface area contributed by atoms with Gasteiger partial charge in [0.2, 0.25) is 17.6 Å². The number of hydrogen-bond acceptors (Lipinski definition) is 8. The number of rotatable bonds is 11. The van der Waals surface area contributed by atoms with Gasteiger partial charge in [-0.2, -0.15) is 4.98 Å². The zero-order valence-corrected chi connectivity index (χ0v) is 20.4. The van der Waals surface area contributed by atoms with Gasteiger partial charge in [-0.1, -0.05) is 12.1 Å². The van der Waals surface area contributed by atoms with Crippen LogP contribution in [0.15, 0.2) is 54.9 Å². The molecule has 0 aliphatic carbocycles. The van der Waals surface area contributed by atoms with E-state index in [4.69, 9.17) is 24.3 Å².